The van der Waals surface area contributed by atoms with Crippen LogP contribution >= 0.6 is 0 Å². The summed E-state index contributed by atoms with van der Waals surface area (Å²) in [5.74, 6) is 0.458. The van der Waals surface area contributed by atoms with Gasteiger partial charge in [-0.1, -0.05) is 26.2 Å². The van der Waals surface area contributed by atoms with Gasteiger partial charge in [-0.25, -0.2) is 4.98 Å². The standard InChI is InChI=1S/C21H37N5O/c1-5-17(26-18-9-7-6-8-10-18)11-12-23-20-19(21(27)25-16(4)22)13-14(2)15(3)24-20/h13,16-18,26H,5-12,22H2,1-4H3,(H,23,24)(H,25,27). The summed E-state index contributed by atoms with van der Waals surface area (Å²) in [6.45, 7) is 8.70. The minimum atomic E-state index is -0.392. The molecule has 0 spiro atoms. The second-order valence-electron chi connectivity index (χ2n) is 7.87. The van der Waals surface area contributed by atoms with Crippen molar-refractivity contribution in [2.75, 3.05) is 11.9 Å². The van der Waals surface area contributed by atoms with Crippen LogP contribution in [0, 0.1) is 13.8 Å². The Morgan fingerprint density at radius 3 is 2.63 bits per heavy atom. The van der Waals surface area contributed by atoms with E-state index in [0.717, 1.165) is 30.6 Å². The predicted molar refractivity (Wildman–Crippen MR) is 112 cm³/mol. The van der Waals surface area contributed by atoms with Gasteiger partial charge < -0.3 is 21.7 Å². The molecule has 0 saturated heterocycles. The molecule has 0 aromatic carbocycles. The summed E-state index contributed by atoms with van der Waals surface area (Å²) in [5, 5.41) is 9.96. The van der Waals surface area contributed by atoms with Crippen molar-refractivity contribution >= 4 is 11.7 Å². The maximum absolute atomic E-state index is 12.5. The van der Waals surface area contributed by atoms with Crippen LogP contribution in [0.2, 0.25) is 0 Å². The van der Waals surface area contributed by atoms with Crippen molar-refractivity contribution in [1.29, 1.82) is 0 Å². The molecule has 1 amide bonds. The molecule has 6 heteroatoms. The average molecular weight is 376 g/mol. The first kappa shape index (κ1) is 21.6. The van der Waals surface area contributed by atoms with Crippen molar-refractivity contribution in [3.05, 3.63) is 22.9 Å². The van der Waals surface area contributed by atoms with Gasteiger partial charge in [-0.05, 0) is 58.1 Å². The number of nitrogens with one attached hydrogen (secondary N) is 3. The van der Waals surface area contributed by atoms with E-state index in [0.29, 0.717) is 23.5 Å². The van der Waals surface area contributed by atoms with Crippen molar-refractivity contribution in [1.82, 2.24) is 15.6 Å². The molecule has 0 radical (unpaired) electrons. The molecule has 1 aromatic heterocycles. The molecular weight excluding hydrogens is 338 g/mol. The Kier molecular flexibility index (Phi) is 8.51. The zero-order chi connectivity index (χ0) is 19.8. The maximum atomic E-state index is 12.5. The Labute approximate surface area is 164 Å². The highest BCUT2D eigenvalue weighted by Crippen LogP contribution is 2.20. The lowest BCUT2D eigenvalue weighted by Crippen LogP contribution is -2.40. The minimum Gasteiger partial charge on any atom is -0.369 e. The molecule has 1 aliphatic rings. The van der Waals surface area contributed by atoms with Crippen LogP contribution in [0.1, 0.15) is 80.4 Å². The van der Waals surface area contributed by atoms with E-state index in [2.05, 4.69) is 27.9 Å². The van der Waals surface area contributed by atoms with Crippen molar-refractivity contribution in [3.63, 3.8) is 0 Å². The van der Waals surface area contributed by atoms with Crippen LogP contribution in [0.25, 0.3) is 0 Å². The third-order valence-corrected chi connectivity index (χ3v) is 5.42. The van der Waals surface area contributed by atoms with Gasteiger partial charge in [0.25, 0.3) is 5.91 Å². The fourth-order valence-electron chi connectivity index (χ4n) is 3.67. The zero-order valence-electron chi connectivity index (χ0n) is 17.4. The van der Waals surface area contributed by atoms with Crippen LogP contribution in [0.5, 0.6) is 0 Å². The summed E-state index contributed by atoms with van der Waals surface area (Å²) in [6, 6.07) is 3.05. The van der Waals surface area contributed by atoms with Gasteiger partial charge in [-0.15, -0.1) is 0 Å². The van der Waals surface area contributed by atoms with E-state index in [4.69, 9.17) is 5.73 Å². The fraction of sp³-hybridized carbons (Fsp3) is 0.714. The Balaban J connectivity index is 1.96. The highest BCUT2D eigenvalue weighted by atomic mass is 16.1. The molecular formula is C21H37N5O. The third kappa shape index (κ3) is 6.78. The molecule has 1 aliphatic carbocycles. The summed E-state index contributed by atoms with van der Waals surface area (Å²) < 4.78 is 0. The van der Waals surface area contributed by atoms with Crippen molar-refractivity contribution in [2.24, 2.45) is 5.73 Å². The Morgan fingerprint density at radius 1 is 1.30 bits per heavy atom. The molecule has 1 fully saturated rings. The predicted octanol–water partition coefficient (Wildman–Crippen LogP) is 3.24. The van der Waals surface area contributed by atoms with E-state index in [-0.39, 0.29) is 5.91 Å². The summed E-state index contributed by atoms with van der Waals surface area (Å²) in [5.41, 5.74) is 8.21. The van der Waals surface area contributed by atoms with Crippen LogP contribution in [0.4, 0.5) is 5.82 Å². The first-order valence-corrected chi connectivity index (χ1v) is 10.4. The number of carbonyl (C=O) groups is 1. The molecule has 2 atom stereocenters. The zero-order valence-corrected chi connectivity index (χ0v) is 17.4. The number of nitrogens with two attached hydrogens (primary N) is 1. The summed E-state index contributed by atoms with van der Waals surface area (Å²) >= 11 is 0. The first-order chi connectivity index (χ1) is 12.9. The number of hydrogen-bond acceptors (Lipinski definition) is 5. The summed E-state index contributed by atoms with van der Waals surface area (Å²) in [4.78, 5) is 17.1. The maximum Gasteiger partial charge on any atom is 0.256 e. The van der Waals surface area contributed by atoms with Crippen LogP contribution < -0.4 is 21.7 Å². The van der Waals surface area contributed by atoms with Gasteiger partial charge in [0.1, 0.15) is 5.82 Å². The molecule has 1 heterocycles. The SMILES string of the molecule is CCC(CCNc1nc(C)c(C)cc1C(=O)NC(C)N)NC1CCCCC1. The van der Waals surface area contributed by atoms with E-state index in [9.17, 15) is 4.79 Å². The third-order valence-electron chi connectivity index (χ3n) is 5.42. The number of amides is 1. The topological polar surface area (TPSA) is 92.1 Å². The quantitative estimate of drug-likeness (QED) is 0.497. The van der Waals surface area contributed by atoms with Crippen LogP contribution in [0.15, 0.2) is 6.07 Å². The number of carbonyl (C=O) groups excluding carboxylic acids is 1. The monoisotopic (exact) mass is 375 g/mol. The molecule has 5 N–H and O–H groups in total. The molecule has 1 aromatic rings. The molecule has 2 unspecified atom stereocenters. The van der Waals surface area contributed by atoms with Crippen molar-refractivity contribution in [2.45, 2.75) is 90.9 Å². The summed E-state index contributed by atoms with van der Waals surface area (Å²) in [7, 11) is 0. The lowest BCUT2D eigenvalue weighted by molar-refractivity contribution is 0.0941. The van der Waals surface area contributed by atoms with Crippen LogP contribution in [0.3, 0.4) is 0 Å². The first-order valence-electron chi connectivity index (χ1n) is 10.4. The van der Waals surface area contributed by atoms with E-state index in [1.165, 1.54) is 32.1 Å². The number of nitrogens with zero attached hydrogens (tertiary/aromatic N) is 1. The molecule has 152 valence electrons. The van der Waals surface area contributed by atoms with E-state index in [1.807, 2.05) is 19.9 Å². The number of anilines is 1. The molecule has 0 aliphatic heterocycles. The van der Waals surface area contributed by atoms with Gasteiger partial charge in [-0.2, -0.15) is 0 Å². The second kappa shape index (κ2) is 10.6. The van der Waals surface area contributed by atoms with Gasteiger partial charge in [0.2, 0.25) is 0 Å². The number of hydrogen-bond donors (Lipinski definition) is 4. The Morgan fingerprint density at radius 2 is 2.00 bits per heavy atom. The summed E-state index contributed by atoms with van der Waals surface area (Å²) in [6.07, 6.45) is 8.38. The second-order valence-corrected chi connectivity index (χ2v) is 7.87. The van der Waals surface area contributed by atoms with E-state index < -0.39 is 6.17 Å². The van der Waals surface area contributed by atoms with E-state index in [1.54, 1.807) is 6.92 Å². The van der Waals surface area contributed by atoms with Crippen LogP contribution in [-0.4, -0.2) is 35.7 Å². The smallest absolute Gasteiger partial charge is 0.256 e. The lowest BCUT2D eigenvalue weighted by atomic mass is 9.94. The van der Waals surface area contributed by atoms with Gasteiger partial charge in [-0.3, -0.25) is 4.79 Å². The fourth-order valence-corrected chi connectivity index (χ4v) is 3.67. The average Bonchev–Trinajstić information content (AvgIpc) is 2.63. The molecule has 1 saturated carbocycles. The van der Waals surface area contributed by atoms with Crippen molar-refractivity contribution < 1.29 is 4.79 Å². The molecule has 0 bridgehead atoms. The number of aryl methyl sites for hydroxylation is 2. The Bertz CT molecular complexity index is 611. The lowest BCUT2D eigenvalue weighted by Gasteiger charge is -2.28. The molecule has 2 rings (SSSR count). The van der Waals surface area contributed by atoms with Crippen molar-refractivity contribution in [3.8, 4) is 0 Å². The van der Waals surface area contributed by atoms with E-state index >= 15 is 0 Å². The normalized spacial score (nSPS) is 17.4. The Hall–Kier alpha value is -1.66. The van der Waals surface area contributed by atoms with Gasteiger partial charge in [0.05, 0.1) is 11.7 Å². The van der Waals surface area contributed by atoms with Gasteiger partial charge in [0.15, 0.2) is 0 Å². The van der Waals surface area contributed by atoms with Gasteiger partial charge >= 0.3 is 0 Å². The highest BCUT2D eigenvalue weighted by Gasteiger charge is 2.18. The molecule has 6 nitrogen and oxygen atoms in total. The largest absolute Gasteiger partial charge is 0.369 e. The molecule has 27 heavy (non-hydrogen) atoms. The highest BCUT2D eigenvalue weighted by molar-refractivity contribution is 5.99. The number of pyridine rings is 1. The minimum absolute atomic E-state index is 0.185. The number of aromatic nitrogens is 1. The van der Waals surface area contributed by atoms with Gasteiger partial charge in [0, 0.05) is 24.3 Å². The number of rotatable bonds is 9. The van der Waals surface area contributed by atoms with Crippen LogP contribution in [-0.2, 0) is 0 Å².